The number of thiophene rings is 1. The van der Waals surface area contributed by atoms with Crippen molar-refractivity contribution in [2.24, 2.45) is 5.92 Å². The van der Waals surface area contributed by atoms with Crippen LogP contribution in [0.5, 0.6) is 0 Å². The predicted molar refractivity (Wildman–Crippen MR) is 81.2 cm³/mol. The van der Waals surface area contributed by atoms with E-state index in [0.29, 0.717) is 6.04 Å². The monoisotopic (exact) mass is 328 g/mol. The maximum absolute atomic E-state index is 3.62. The van der Waals surface area contributed by atoms with Gasteiger partial charge in [0.15, 0.2) is 0 Å². The Morgan fingerprint density at radius 2 is 1.94 bits per heavy atom. The Bertz CT molecular complexity index is 381. The van der Waals surface area contributed by atoms with Crippen molar-refractivity contribution < 1.29 is 0 Å². The van der Waals surface area contributed by atoms with E-state index in [9.17, 15) is 0 Å². The molecule has 2 fully saturated rings. The molecule has 4 heteroatoms. The van der Waals surface area contributed by atoms with Crippen LogP contribution >= 0.6 is 27.3 Å². The third kappa shape index (κ3) is 2.82. The Labute approximate surface area is 122 Å². The quantitative estimate of drug-likeness (QED) is 0.911. The molecule has 1 aromatic heterocycles. The van der Waals surface area contributed by atoms with Crippen molar-refractivity contribution in [2.75, 3.05) is 26.2 Å². The highest BCUT2D eigenvalue weighted by Gasteiger charge is 2.32. The van der Waals surface area contributed by atoms with Crippen molar-refractivity contribution in [1.29, 1.82) is 0 Å². The van der Waals surface area contributed by atoms with Crippen LogP contribution in [0.1, 0.15) is 36.6 Å². The van der Waals surface area contributed by atoms with Gasteiger partial charge in [-0.3, -0.25) is 4.90 Å². The largest absolute Gasteiger partial charge is 0.314 e. The Morgan fingerprint density at radius 1 is 1.22 bits per heavy atom. The molecule has 18 heavy (non-hydrogen) atoms. The summed E-state index contributed by atoms with van der Waals surface area (Å²) in [6.07, 6.45) is 5.70. The lowest BCUT2D eigenvalue weighted by Crippen LogP contribution is -2.46. The number of nitrogens with zero attached hydrogens (tertiary/aromatic N) is 1. The normalized spacial score (nSPS) is 24.5. The zero-order valence-electron chi connectivity index (χ0n) is 10.7. The fourth-order valence-corrected chi connectivity index (χ4v) is 5.08. The van der Waals surface area contributed by atoms with Gasteiger partial charge in [-0.1, -0.05) is 12.8 Å². The fourth-order valence-electron chi connectivity index (χ4n) is 3.43. The zero-order chi connectivity index (χ0) is 12.4. The van der Waals surface area contributed by atoms with E-state index in [4.69, 9.17) is 0 Å². The molecular weight excluding hydrogens is 308 g/mol. The lowest BCUT2D eigenvalue weighted by molar-refractivity contribution is 0.128. The van der Waals surface area contributed by atoms with E-state index >= 15 is 0 Å². The highest BCUT2D eigenvalue weighted by Crippen LogP contribution is 2.42. The molecule has 0 aromatic carbocycles. The van der Waals surface area contributed by atoms with Crippen molar-refractivity contribution >= 4 is 27.3 Å². The van der Waals surface area contributed by atoms with Gasteiger partial charge in [-0.25, -0.2) is 0 Å². The minimum atomic E-state index is 0.672. The van der Waals surface area contributed by atoms with Gasteiger partial charge in [0, 0.05) is 37.1 Å². The van der Waals surface area contributed by atoms with Gasteiger partial charge in [0.1, 0.15) is 0 Å². The van der Waals surface area contributed by atoms with E-state index in [0.717, 1.165) is 19.0 Å². The molecule has 0 amide bonds. The molecule has 1 saturated heterocycles. The molecular formula is C14H21BrN2S. The summed E-state index contributed by atoms with van der Waals surface area (Å²) in [6, 6.07) is 5.22. The molecule has 0 radical (unpaired) electrons. The van der Waals surface area contributed by atoms with Crippen LogP contribution in [0, 0.1) is 5.92 Å². The van der Waals surface area contributed by atoms with E-state index in [1.807, 2.05) is 11.3 Å². The van der Waals surface area contributed by atoms with E-state index in [1.54, 1.807) is 4.88 Å². The number of nitrogens with one attached hydrogen (secondary N) is 1. The van der Waals surface area contributed by atoms with Crippen LogP contribution in [-0.4, -0.2) is 31.1 Å². The summed E-state index contributed by atoms with van der Waals surface area (Å²) in [5.41, 5.74) is 0. The van der Waals surface area contributed by atoms with Gasteiger partial charge in [0.05, 0.1) is 3.79 Å². The second kappa shape index (κ2) is 6.04. The Morgan fingerprint density at radius 3 is 2.56 bits per heavy atom. The van der Waals surface area contributed by atoms with Crippen molar-refractivity contribution in [2.45, 2.75) is 31.7 Å². The first-order chi connectivity index (χ1) is 8.84. The molecule has 1 aliphatic carbocycles. The first-order valence-electron chi connectivity index (χ1n) is 7.04. The van der Waals surface area contributed by atoms with Crippen LogP contribution in [0.2, 0.25) is 0 Å². The zero-order valence-corrected chi connectivity index (χ0v) is 13.1. The molecule has 0 spiro atoms. The number of halogens is 1. The van der Waals surface area contributed by atoms with Gasteiger partial charge in [0.25, 0.3) is 0 Å². The summed E-state index contributed by atoms with van der Waals surface area (Å²) in [7, 11) is 0. The third-order valence-corrected chi connectivity index (χ3v) is 5.97. The van der Waals surface area contributed by atoms with E-state index in [-0.39, 0.29) is 0 Å². The molecule has 2 nitrogen and oxygen atoms in total. The van der Waals surface area contributed by atoms with Crippen LogP contribution in [0.25, 0.3) is 0 Å². The SMILES string of the molecule is Brc1ccc([C@@H](C2CCCC2)N2CCNCC2)s1. The standard InChI is InChI=1S/C14H21BrN2S/c15-13-6-5-12(18-13)14(11-3-1-2-4-11)17-9-7-16-8-10-17/h5-6,11,14,16H,1-4,7-10H2/t14-/m1/s1. The van der Waals surface area contributed by atoms with Gasteiger partial charge in [-0.2, -0.15) is 0 Å². The molecule has 1 saturated carbocycles. The summed E-state index contributed by atoms with van der Waals surface area (Å²) >= 11 is 5.55. The first kappa shape index (κ1) is 13.1. The maximum atomic E-state index is 3.62. The highest BCUT2D eigenvalue weighted by molar-refractivity contribution is 9.11. The van der Waals surface area contributed by atoms with Gasteiger partial charge < -0.3 is 5.32 Å². The Hall–Kier alpha value is 0.1000. The molecule has 3 rings (SSSR count). The molecule has 1 N–H and O–H groups in total. The Balaban J connectivity index is 1.82. The van der Waals surface area contributed by atoms with Crippen molar-refractivity contribution in [3.63, 3.8) is 0 Å². The lowest BCUT2D eigenvalue weighted by atomic mass is 9.94. The minimum absolute atomic E-state index is 0.672. The number of rotatable bonds is 3. The second-order valence-corrected chi connectivity index (χ2v) is 7.91. The maximum Gasteiger partial charge on any atom is 0.0701 e. The van der Waals surface area contributed by atoms with E-state index in [2.05, 4.69) is 38.3 Å². The second-order valence-electron chi connectivity index (χ2n) is 5.42. The van der Waals surface area contributed by atoms with Gasteiger partial charge in [-0.05, 0) is 46.8 Å². The molecule has 1 aromatic rings. The molecule has 100 valence electrons. The number of piperazine rings is 1. The summed E-state index contributed by atoms with van der Waals surface area (Å²) in [6.45, 7) is 4.71. The van der Waals surface area contributed by atoms with Crippen LogP contribution in [0.4, 0.5) is 0 Å². The number of hydrogen-bond acceptors (Lipinski definition) is 3. The fraction of sp³-hybridized carbons (Fsp3) is 0.714. The third-order valence-electron chi connectivity index (χ3n) is 4.28. The smallest absolute Gasteiger partial charge is 0.0701 e. The topological polar surface area (TPSA) is 15.3 Å². The van der Waals surface area contributed by atoms with Crippen LogP contribution in [0.15, 0.2) is 15.9 Å². The van der Waals surface area contributed by atoms with Gasteiger partial charge in [-0.15, -0.1) is 11.3 Å². The van der Waals surface area contributed by atoms with Crippen LogP contribution in [0.3, 0.4) is 0 Å². The van der Waals surface area contributed by atoms with Crippen LogP contribution < -0.4 is 5.32 Å². The molecule has 1 aliphatic heterocycles. The van der Waals surface area contributed by atoms with Gasteiger partial charge in [0.2, 0.25) is 0 Å². The molecule has 0 bridgehead atoms. The van der Waals surface area contributed by atoms with Crippen molar-refractivity contribution in [3.05, 3.63) is 20.8 Å². The van der Waals surface area contributed by atoms with E-state index in [1.165, 1.54) is 42.6 Å². The first-order valence-corrected chi connectivity index (χ1v) is 8.65. The van der Waals surface area contributed by atoms with E-state index < -0.39 is 0 Å². The molecule has 2 heterocycles. The lowest BCUT2D eigenvalue weighted by Gasteiger charge is -2.37. The number of hydrogen-bond donors (Lipinski definition) is 1. The average molecular weight is 329 g/mol. The van der Waals surface area contributed by atoms with Gasteiger partial charge >= 0.3 is 0 Å². The minimum Gasteiger partial charge on any atom is -0.314 e. The summed E-state index contributed by atoms with van der Waals surface area (Å²) in [5.74, 6) is 0.883. The molecule has 2 aliphatic rings. The predicted octanol–water partition coefficient (Wildman–Crippen LogP) is 3.65. The Kier molecular flexibility index (Phi) is 4.39. The van der Waals surface area contributed by atoms with Crippen LogP contribution in [-0.2, 0) is 0 Å². The summed E-state index contributed by atoms with van der Waals surface area (Å²) in [5, 5.41) is 3.47. The summed E-state index contributed by atoms with van der Waals surface area (Å²) in [4.78, 5) is 4.28. The average Bonchev–Trinajstić information content (AvgIpc) is 3.04. The van der Waals surface area contributed by atoms with Crippen molar-refractivity contribution in [1.82, 2.24) is 10.2 Å². The van der Waals surface area contributed by atoms with Crippen molar-refractivity contribution in [3.8, 4) is 0 Å². The highest BCUT2D eigenvalue weighted by atomic mass is 79.9. The molecule has 0 unspecified atom stereocenters. The summed E-state index contributed by atoms with van der Waals surface area (Å²) < 4.78 is 1.27. The molecule has 1 atom stereocenters.